The lowest BCUT2D eigenvalue weighted by molar-refractivity contribution is 0.535. The van der Waals surface area contributed by atoms with E-state index in [1.54, 1.807) is 18.3 Å². The molecule has 0 amide bonds. The van der Waals surface area contributed by atoms with Crippen molar-refractivity contribution in [3.05, 3.63) is 19.2 Å². The van der Waals surface area contributed by atoms with Crippen LogP contribution in [0.4, 0.5) is 0 Å². The Kier molecular flexibility index (Phi) is 6.81. The molecule has 0 aliphatic heterocycles. The van der Waals surface area contributed by atoms with Crippen LogP contribution in [0.3, 0.4) is 0 Å². The highest BCUT2D eigenvalue weighted by Crippen LogP contribution is 2.36. The molecular formula is C11H17Br2NO2S2. The molecule has 1 N–H and O–H groups in total. The van der Waals surface area contributed by atoms with Crippen LogP contribution < -0.4 is 5.32 Å². The van der Waals surface area contributed by atoms with Gasteiger partial charge in [-0.1, -0.05) is 6.92 Å². The van der Waals surface area contributed by atoms with E-state index in [0.29, 0.717) is 6.42 Å². The van der Waals surface area contributed by atoms with Gasteiger partial charge in [0.1, 0.15) is 9.84 Å². The molecular weight excluding hydrogens is 402 g/mol. The molecule has 104 valence electrons. The van der Waals surface area contributed by atoms with Crippen molar-refractivity contribution in [2.24, 2.45) is 0 Å². The third-order valence-corrected chi connectivity index (χ3v) is 6.97. The van der Waals surface area contributed by atoms with E-state index in [1.165, 1.54) is 5.56 Å². The van der Waals surface area contributed by atoms with Gasteiger partial charge in [0, 0.05) is 11.8 Å². The predicted molar refractivity (Wildman–Crippen MR) is 85.1 cm³/mol. The molecule has 0 radical (unpaired) electrons. The monoisotopic (exact) mass is 417 g/mol. The average Bonchev–Trinajstić information content (AvgIpc) is 2.64. The van der Waals surface area contributed by atoms with Crippen LogP contribution in [0.25, 0.3) is 0 Å². The SMILES string of the molecule is CCS(=O)(=O)CCCC(NC)c1cc(Br)sc1Br. The molecule has 0 saturated heterocycles. The van der Waals surface area contributed by atoms with Gasteiger partial charge < -0.3 is 5.32 Å². The molecule has 0 fully saturated rings. The first kappa shape index (κ1) is 16.6. The molecule has 0 aromatic carbocycles. The molecule has 1 rings (SSSR count). The smallest absolute Gasteiger partial charge is 0.150 e. The first-order valence-corrected chi connectivity index (χ1v) is 9.94. The molecule has 1 unspecified atom stereocenters. The maximum atomic E-state index is 11.4. The number of hydrogen-bond acceptors (Lipinski definition) is 4. The van der Waals surface area contributed by atoms with Gasteiger partial charge in [-0.05, 0) is 63.4 Å². The Morgan fingerprint density at radius 3 is 2.56 bits per heavy atom. The van der Waals surface area contributed by atoms with Crippen molar-refractivity contribution in [2.75, 3.05) is 18.6 Å². The van der Waals surface area contributed by atoms with Crippen molar-refractivity contribution in [1.29, 1.82) is 0 Å². The maximum Gasteiger partial charge on any atom is 0.150 e. The molecule has 0 bridgehead atoms. The van der Waals surface area contributed by atoms with Crippen molar-refractivity contribution >= 4 is 53.0 Å². The summed E-state index contributed by atoms with van der Waals surface area (Å²) in [5.74, 6) is 0.496. The largest absolute Gasteiger partial charge is 0.313 e. The first-order chi connectivity index (χ1) is 8.39. The van der Waals surface area contributed by atoms with E-state index in [1.807, 2.05) is 7.05 Å². The zero-order valence-corrected chi connectivity index (χ0v) is 15.2. The summed E-state index contributed by atoms with van der Waals surface area (Å²) < 4.78 is 25.0. The Labute approximate surface area is 130 Å². The van der Waals surface area contributed by atoms with E-state index in [0.717, 1.165) is 14.0 Å². The van der Waals surface area contributed by atoms with Crippen molar-refractivity contribution in [1.82, 2.24) is 5.32 Å². The molecule has 1 aromatic heterocycles. The normalized spacial score (nSPS) is 13.8. The molecule has 0 spiro atoms. The lowest BCUT2D eigenvalue weighted by Gasteiger charge is -2.15. The number of hydrogen-bond donors (Lipinski definition) is 1. The molecule has 1 aromatic rings. The van der Waals surface area contributed by atoms with Crippen molar-refractivity contribution in [2.45, 2.75) is 25.8 Å². The van der Waals surface area contributed by atoms with Gasteiger partial charge >= 0.3 is 0 Å². The van der Waals surface area contributed by atoms with Gasteiger partial charge in [-0.3, -0.25) is 0 Å². The summed E-state index contributed by atoms with van der Waals surface area (Å²) in [5, 5.41) is 3.24. The number of sulfone groups is 1. The van der Waals surface area contributed by atoms with E-state index >= 15 is 0 Å². The van der Waals surface area contributed by atoms with Gasteiger partial charge in [0.2, 0.25) is 0 Å². The Bertz CT molecular complexity index is 485. The molecule has 0 saturated carbocycles. The van der Waals surface area contributed by atoms with E-state index < -0.39 is 9.84 Å². The minimum absolute atomic E-state index is 0.189. The van der Waals surface area contributed by atoms with Gasteiger partial charge in [0.05, 0.1) is 13.3 Å². The van der Waals surface area contributed by atoms with E-state index in [2.05, 4.69) is 43.2 Å². The second-order valence-electron chi connectivity index (χ2n) is 4.00. The third-order valence-electron chi connectivity index (χ3n) is 2.79. The standard InChI is InChI=1S/C11H17Br2NO2S2/c1-3-18(15,16)6-4-5-9(14-2)8-7-10(12)17-11(8)13/h7,9,14H,3-6H2,1-2H3. The fraction of sp³-hybridized carbons (Fsp3) is 0.636. The molecule has 7 heteroatoms. The Morgan fingerprint density at radius 1 is 1.44 bits per heavy atom. The molecule has 3 nitrogen and oxygen atoms in total. The van der Waals surface area contributed by atoms with E-state index in [9.17, 15) is 8.42 Å². The summed E-state index contributed by atoms with van der Waals surface area (Å²) in [5.41, 5.74) is 1.18. The number of rotatable bonds is 7. The highest BCUT2D eigenvalue weighted by molar-refractivity contribution is 9.12. The second kappa shape index (κ2) is 7.38. The number of halogens is 2. The summed E-state index contributed by atoms with van der Waals surface area (Å²) in [4.78, 5) is 0. The lowest BCUT2D eigenvalue weighted by Crippen LogP contribution is -2.18. The predicted octanol–water partition coefficient (Wildman–Crippen LogP) is 3.75. The third kappa shape index (κ3) is 4.92. The fourth-order valence-electron chi connectivity index (χ4n) is 1.70. The van der Waals surface area contributed by atoms with E-state index in [4.69, 9.17) is 0 Å². The summed E-state index contributed by atoms with van der Waals surface area (Å²) >= 11 is 8.62. The number of nitrogens with one attached hydrogen (secondary N) is 1. The summed E-state index contributed by atoms with van der Waals surface area (Å²) in [7, 11) is -0.957. The van der Waals surface area contributed by atoms with Crippen LogP contribution in [-0.2, 0) is 9.84 Å². The zero-order chi connectivity index (χ0) is 13.8. The zero-order valence-electron chi connectivity index (χ0n) is 10.4. The maximum absolute atomic E-state index is 11.4. The number of thiophene rings is 1. The summed E-state index contributed by atoms with van der Waals surface area (Å²) in [6.07, 6.45) is 1.50. The summed E-state index contributed by atoms with van der Waals surface area (Å²) in [6.45, 7) is 1.69. The Morgan fingerprint density at radius 2 is 2.11 bits per heavy atom. The van der Waals surface area contributed by atoms with Gasteiger partial charge in [0.15, 0.2) is 0 Å². The molecule has 18 heavy (non-hydrogen) atoms. The van der Waals surface area contributed by atoms with Crippen LogP contribution in [0.15, 0.2) is 13.6 Å². The van der Waals surface area contributed by atoms with Crippen LogP contribution in [0.1, 0.15) is 31.4 Å². The molecule has 1 atom stereocenters. The molecule has 0 aliphatic rings. The van der Waals surface area contributed by atoms with Crippen LogP contribution in [0.2, 0.25) is 0 Å². The van der Waals surface area contributed by atoms with Crippen molar-refractivity contribution in [3.63, 3.8) is 0 Å². The van der Waals surface area contributed by atoms with E-state index in [-0.39, 0.29) is 17.5 Å². The minimum atomic E-state index is -2.86. The summed E-state index contributed by atoms with van der Waals surface area (Å²) in [6, 6.07) is 2.26. The Balaban J connectivity index is 2.61. The van der Waals surface area contributed by atoms with Gasteiger partial charge in [-0.15, -0.1) is 11.3 Å². The molecule has 0 aliphatic carbocycles. The second-order valence-corrected chi connectivity index (χ2v) is 10.2. The van der Waals surface area contributed by atoms with Crippen LogP contribution in [-0.4, -0.2) is 27.0 Å². The lowest BCUT2D eigenvalue weighted by atomic mass is 10.1. The van der Waals surface area contributed by atoms with Crippen molar-refractivity contribution in [3.8, 4) is 0 Å². The highest BCUT2D eigenvalue weighted by atomic mass is 79.9. The van der Waals surface area contributed by atoms with Crippen LogP contribution in [0.5, 0.6) is 0 Å². The fourth-order valence-corrected chi connectivity index (χ4v) is 5.57. The van der Waals surface area contributed by atoms with Gasteiger partial charge in [-0.25, -0.2) is 8.42 Å². The van der Waals surface area contributed by atoms with Crippen molar-refractivity contribution < 1.29 is 8.42 Å². The van der Waals surface area contributed by atoms with Gasteiger partial charge in [-0.2, -0.15) is 0 Å². The highest BCUT2D eigenvalue weighted by Gasteiger charge is 2.16. The van der Waals surface area contributed by atoms with Gasteiger partial charge in [0.25, 0.3) is 0 Å². The first-order valence-electron chi connectivity index (χ1n) is 5.72. The Hall–Kier alpha value is 0.570. The topological polar surface area (TPSA) is 46.2 Å². The molecule has 1 heterocycles. The van der Waals surface area contributed by atoms with Crippen LogP contribution >= 0.6 is 43.2 Å². The quantitative estimate of drug-likeness (QED) is 0.733. The minimum Gasteiger partial charge on any atom is -0.313 e. The van der Waals surface area contributed by atoms with Crippen LogP contribution in [0, 0.1) is 0 Å². The average molecular weight is 419 g/mol.